The number of aliphatic hydroxyl groups is 1. The minimum absolute atomic E-state index is 0.107. The number of hydrogen-bond donors (Lipinski definition) is 4. The van der Waals surface area contributed by atoms with Crippen LogP contribution in [0.1, 0.15) is 17.3 Å². The number of carbonyl (C=O) groups is 1. The first kappa shape index (κ1) is 15.2. The number of halogens is 1. The molecule has 0 saturated carbocycles. The van der Waals surface area contributed by atoms with Crippen molar-refractivity contribution in [2.45, 2.75) is 13.0 Å². The van der Waals surface area contributed by atoms with Gasteiger partial charge in [-0.05, 0) is 47.7 Å². The van der Waals surface area contributed by atoms with Crippen LogP contribution in [0.5, 0.6) is 5.75 Å². The Hall–Kier alpha value is -0.860. The second-order valence-electron chi connectivity index (χ2n) is 3.98. The summed E-state index contributed by atoms with van der Waals surface area (Å²) >= 11 is 1.99. The molecule has 1 aromatic rings. The van der Waals surface area contributed by atoms with Gasteiger partial charge >= 0.3 is 0 Å². The van der Waals surface area contributed by atoms with Gasteiger partial charge in [-0.2, -0.15) is 0 Å². The third-order valence-corrected chi connectivity index (χ3v) is 3.15. The Labute approximate surface area is 120 Å². The molecule has 1 amide bonds. The highest BCUT2D eigenvalue weighted by atomic mass is 127. The number of aromatic hydroxyl groups is 1. The average Bonchev–Trinajstić information content (AvgIpc) is 2.31. The van der Waals surface area contributed by atoms with Gasteiger partial charge in [0.15, 0.2) is 0 Å². The van der Waals surface area contributed by atoms with Gasteiger partial charge in [-0.3, -0.25) is 4.79 Å². The van der Waals surface area contributed by atoms with E-state index in [0.29, 0.717) is 28.8 Å². The summed E-state index contributed by atoms with van der Waals surface area (Å²) < 4.78 is 0.711. The summed E-state index contributed by atoms with van der Waals surface area (Å²) in [5.74, 6) is -0.115. The predicted octanol–water partition coefficient (Wildman–Crippen LogP) is 0.697. The lowest BCUT2D eigenvalue weighted by atomic mass is 10.2. The van der Waals surface area contributed by atoms with E-state index in [2.05, 4.69) is 10.6 Å². The highest BCUT2D eigenvalue weighted by molar-refractivity contribution is 14.1. The fourth-order valence-corrected chi connectivity index (χ4v) is 1.67. The van der Waals surface area contributed by atoms with Crippen LogP contribution in [0.15, 0.2) is 18.2 Å². The van der Waals surface area contributed by atoms with E-state index in [0.717, 1.165) is 0 Å². The molecule has 0 heterocycles. The van der Waals surface area contributed by atoms with Crippen LogP contribution in [-0.2, 0) is 0 Å². The maximum Gasteiger partial charge on any atom is 0.251 e. The molecule has 0 bridgehead atoms. The molecule has 1 rings (SSSR count). The van der Waals surface area contributed by atoms with Crippen LogP contribution in [-0.4, -0.2) is 41.9 Å². The molecule has 100 valence electrons. The number of hydrogen-bond acceptors (Lipinski definition) is 4. The van der Waals surface area contributed by atoms with Crippen LogP contribution in [0.25, 0.3) is 0 Å². The molecule has 0 spiro atoms. The molecule has 0 aromatic heterocycles. The molecule has 0 radical (unpaired) electrons. The smallest absolute Gasteiger partial charge is 0.251 e. The summed E-state index contributed by atoms with van der Waals surface area (Å²) in [5, 5.41) is 24.2. The van der Waals surface area contributed by atoms with Gasteiger partial charge in [0.05, 0.1) is 9.67 Å². The van der Waals surface area contributed by atoms with Gasteiger partial charge in [0.2, 0.25) is 0 Å². The Bertz CT molecular complexity index is 410. The summed E-state index contributed by atoms with van der Waals surface area (Å²) in [5.41, 5.74) is 0.434. The number of carbonyl (C=O) groups excluding carboxylic acids is 1. The first-order valence-corrected chi connectivity index (χ1v) is 6.74. The van der Waals surface area contributed by atoms with Crippen molar-refractivity contribution in [3.63, 3.8) is 0 Å². The van der Waals surface area contributed by atoms with Crippen molar-refractivity contribution in [1.29, 1.82) is 0 Å². The number of benzene rings is 1. The van der Waals surface area contributed by atoms with Crippen LogP contribution in [0.2, 0.25) is 0 Å². The van der Waals surface area contributed by atoms with E-state index in [9.17, 15) is 9.90 Å². The molecule has 0 fully saturated rings. The van der Waals surface area contributed by atoms with Gasteiger partial charge in [0, 0.05) is 25.2 Å². The first-order valence-electron chi connectivity index (χ1n) is 5.66. The average molecular weight is 364 g/mol. The first-order chi connectivity index (χ1) is 8.50. The maximum atomic E-state index is 11.7. The zero-order valence-corrected chi connectivity index (χ0v) is 12.3. The zero-order chi connectivity index (χ0) is 13.5. The minimum atomic E-state index is -0.395. The van der Waals surface area contributed by atoms with E-state index in [1.807, 2.05) is 22.6 Å². The van der Waals surface area contributed by atoms with E-state index < -0.39 is 6.10 Å². The van der Waals surface area contributed by atoms with Gasteiger partial charge in [-0.15, -0.1) is 0 Å². The Balaban J connectivity index is 2.34. The molecule has 0 aliphatic heterocycles. The van der Waals surface area contributed by atoms with Crippen molar-refractivity contribution in [1.82, 2.24) is 10.6 Å². The van der Waals surface area contributed by atoms with Gasteiger partial charge in [0.1, 0.15) is 5.75 Å². The molecule has 6 heteroatoms. The highest BCUT2D eigenvalue weighted by Gasteiger charge is 2.07. The number of nitrogens with one attached hydrogen (secondary N) is 2. The molecule has 1 atom stereocenters. The molecule has 0 saturated heterocycles. The normalized spacial score (nSPS) is 12.2. The summed E-state index contributed by atoms with van der Waals surface area (Å²) in [4.78, 5) is 11.7. The van der Waals surface area contributed by atoms with Crippen LogP contribution in [0.4, 0.5) is 0 Å². The molecule has 1 unspecified atom stereocenters. The zero-order valence-electron chi connectivity index (χ0n) is 10.1. The Kier molecular flexibility index (Phi) is 6.37. The standard InChI is InChI=1S/C12H17IN2O3/c1-8(16)7-14-4-5-15-12(18)9-2-3-10(13)11(17)6-9/h2-3,6,8,14,16-17H,4-5,7H2,1H3,(H,15,18). The topological polar surface area (TPSA) is 81.6 Å². The number of rotatable bonds is 6. The lowest BCUT2D eigenvalue weighted by Gasteiger charge is -2.08. The maximum absolute atomic E-state index is 11.7. The van der Waals surface area contributed by atoms with E-state index >= 15 is 0 Å². The Morgan fingerprint density at radius 1 is 1.44 bits per heavy atom. The van der Waals surface area contributed by atoms with Gasteiger partial charge in [-0.1, -0.05) is 0 Å². The van der Waals surface area contributed by atoms with Gasteiger partial charge < -0.3 is 20.8 Å². The van der Waals surface area contributed by atoms with Gasteiger partial charge in [-0.25, -0.2) is 0 Å². The van der Waals surface area contributed by atoms with Crippen molar-refractivity contribution in [2.75, 3.05) is 19.6 Å². The Morgan fingerprint density at radius 3 is 2.78 bits per heavy atom. The van der Waals surface area contributed by atoms with Crippen LogP contribution in [0.3, 0.4) is 0 Å². The predicted molar refractivity (Wildman–Crippen MR) is 77.7 cm³/mol. The van der Waals surface area contributed by atoms with Crippen LogP contribution in [0, 0.1) is 3.57 Å². The third kappa shape index (κ3) is 5.19. The van der Waals surface area contributed by atoms with Crippen molar-refractivity contribution in [2.24, 2.45) is 0 Å². The second kappa shape index (κ2) is 7.55. The van der Waals surface area contributed by atoms with Crippen molar-refractivity contribution in [3.8, 4) is 5.75 Å². The van der Waals surface area contributed by atoms with E-state index in [1.54, 1.807) is 19.1 Å². The molecular formula is C12H17IN2O3. The quantitative estimate of drug-likeness (QED) is 0.443. The molecule has 4 N–H and O–H groups in total. The fourth-order valence-electron chi connectivity index (χ4n) is 1.33. The monoisotopic (exact) mass is 364 g/mol. The summed E-state index contributed by atoms with van der Waals surface area (Å²) in [6, 6.07) is 4.80. The largest absolute Gasteiger partial charge is 0.507 e. The van der Waals surface area contributed by atoms with E-state index in [1.165, 1.54) is 6.07 Å². The number of amides is 1. The second-order valence-corrected chi connectivity index (χ2v) is 5.14. The minimum Gasteiger partial charge on any atom is -0.507 e. The molecule has 0 aliphatic carbocycles. The summed E-state index contributed by atoms with van der Waals surface area (Å²) in [7, 11) is 0. The number of phenolic OH excluding ortho intramolecular Hbond substituents is 1. The van der Waals surface area contributed by atoms with Crippen molar-refractivity contribution in [3.05, 3.63) is 27.3 Å². The van der Waals surface area contributed by atoms with Crippen LogP contribution < -0.4 is 10.6 Å². The SMILES string of the molecule is CC(O)CNCCNC(=O)c1ccc(I)c(O)c1. The number of phenols is 1. The van der Waals surface area contributed by atoms with Crippen molar-refractivity contribution >= 4 is 28.5 Å². The fraction of sp³-hybridized carbons (Fsp3) is 0.417. The molecule has 5 nitrogen and oxygen atoms in total. The Morgan fingerprint density at radius 2 is 2.17 bits per heavy atom. The molecular weight excluding hydrogens is 347 g/mol. The van der Waals surface area contributed by atoms with E-state index in [-0.39, 0.29) is 11.7 Å². The van der Waals surface area contributed by atoms with E-state index in [4.69, 9.17) is 5.11 Å². The molecule has 0 aliphatic rings. The highest BCUT2D eigenvalue weighted by Crippen LogP contribution is 2.20. The van der Waals surface area contributed by atoms with Crippen LogP contribution >= 0.6 is 22.6 Å². The summed E-state index contributed by atoms with van der Waals surface area (Å²) in [6.07, 6.45) is -0.395. The summed E-state index contributed by atoms with van der Waals surface area (Å²) in [6.45, 7) is 3.26. The lowest BCUT2D eigenvalue weighted by molar-refractivity contribution is 0.0953. The lowest BCUT2D eigenvalue weighted by Crippen LogP contribution is -2.34. The number of aliphatic hydroxyl groups excluding tert-OH is 1. The third-order valence-electron chi connectivity index (χ3n) is 2.24. The van der Waals surface area contributed by atoms with Gasteiger partial charge in [0.25, 0.3) is 5.91 Å². The molecule has 1 aromatic carbocycles. The van der Waals surface area contributed by atoms with Crippen molar-refractivity contribution < 1.29 is 15.0 Å². The molecule has 18 heavy (non-hydrogen) atoms.